The van der Waals surface area contributed by atoms with Gasteiger partial charge < -0.3 is 15.4 Å². The molecule has 2 rings (SSSR count). The number of morpholine rings is 1. The van der Waals surface area contributed by atoms with E-state index in [0.717, 1.165) is 18.9 Å². The van der Waals surface area contributed by atoms with Gasteiger partial charge in [0.15, 0.2) is 11.0 Å². The maximum absolute atomic E-state index is 5.82. The molecule has 1 saturated heterocycles. The number of aromatic nitrogens is 2. The topological polar surface area (TPSA) is 64.3 Å². The van der Waals surface area contributed by atoms with Crippen LogP contribution in [-0.4, -0.2) is 42.0 Å². The van der Waals surface area contributed by atoms with E-state index in [4.69, 9.17) is 22.1 Å². The number of ether oxygens (including phenoxy) is 1. The van der Waals surface area contributed by atoms with Crippen LogP contribution >= 0.6 is 11.6 Å². The monoisotopic (exact) mass is 242 g/mol. The molecular weight excluding hydrogens is 228 g/mol. The van der Waals surface area contributed by atoms with E-state index in [-0.39, 0.29) is 12.1 Å². The molecule has 0 bridgehead atoms. The third-order valence-corrected chi connectivity index (χ3v) is 2.82. The molecule has 2 N–H and O–H groups in total. The number of halogens is 1. The summed E-state index contributed by atoms with van der Waals surface area (Å²) in [5, 5.41) is 8.27. The molecule has 0 amide bonds. The minimum atomic E-state index is 0.0167. The van der Waals surface area contributed by atoms with Crippen LogP contribution in [0.25, 0.3) is 0 Å². The van der Waals surface area contributed by atoms with Crippen LogP contribution in [0.15, 0.2) is 12.1 Å². The molecule has 5 nitrogen and oxygen atoms in total. The second kappa shape index (κ2) is 4.95. The second-order valence-electron chi connectivity index (χ2n) is 3.93. The van der Waals surface area contributed by atoms with Crippen molar-refractivity contribution in [3.05, 3.63) is 17.3 Å². The molecule has 0 radical (unpaired) electrons. The highest BCUT2D eigenvalue weighted by Gasteiger charge is 2.24. The fraction of sp³-hybridized carbons (Fsp3) is 0.600. The largest absolute Gasteiger partial charge is 0.373 e. The number of hydrogen-bond acceptors (Lipinski definition) is 5. The predicted molar refractivity (Wildman–Crippen MR) is 62.6 cm³/mol. The average molecular weight is 243 g/mol. The third-order valence-electron chi connectivity index (χ3n) is 2.62. The van der Waals surface area contributed by atoms with Gasteiger partial charge in [-0.3, -0.25) is 0 Å². The fourth-order valence-corrected chi connectivity index (χ4v) is 1.78. The number of hydrogen-bond donors (Lipinski definition) is 1. The summed E-state index contributed by atoms with van der Waals surface area (Å²) in [6.45, 7) is 4.16. The van der Waals surface area contributed by atoms with Gasteiger partial charge in [0.25, 0.3) is 0 Å². The lowest BCUT2D eigenvalue weighted by atomic mass is 10.1. The van der Waals surface area contributed by atoms with Crippen molar-refractivity contribution in [1.82, 2.24) is 10.2 Å². The van der Waals surface area contributed by atoms with Crippen LogP contribution in [0.2, 0.25) is 5.15 Å². The van der Waals surface area contributed by atoms with Crippen LogP contribution < -0.4 is 10.6 Å². The molecular formula is C10H15ClN4O. The van der Waals surface area contributed by atoms with Gasteiger partial charge in [0.2, 0.25) is 0 Å². The summed E-state index contributed by atoms with van der Waals surface area (Å²) in [5.41, 5.74) is 5.82. The van der Waals surface area contributed by atoms with Crippen molar-refractivity contribution in [2.45, 2.75) is 19.1 Å². The van der Waals surface area contributed by atoms with Crippen LogP contribution in [-0.2, 0) is 4.74 Å². The Kier molecular flexibility index (Phi) is 3.58. The zero-order chi connectivity index (χ0) is 11.5. The Morgan fingerprint density at radius 2 is 2.38 bits per heavy atom. The van der Waals surface area contributed by atoms with Crippen LogP contribution in [0.3, 0.4) is 0 Å². The molecule has 0 spiro atoms. The smallest absolute Gasteiger partial charge is 0.151 e. The highest BCUT2D eigenvalue weighted by Crippen LogP contribution is 2.16. The first-order chi connectivity index (χ1) is 7.66. The van der Waals surface area contributed by atoms with E-state index < -0.39 is 0 Å². The van der Waals surface area contributed by atoms with Crippen LogP contribution in [0.4, 0.5) is 5.82 Å². The van der Waals surface area contributed by atoms with Crippen LogP contribution in [0.1, 0.15) is 6.92 Å². The van der Waals surface area contributed by atoms with E-state index >= 15 is 0 Å². The summed E-state index contributed by atoms with van der Waals surface area (Å²) < 4.78 is 5.57. The molecule has 1 aromatic heterocycles. The van der Waals surface area contributed by atoms with Gasteiger partial charge in [-0.2, -0.15) is 0 Å². The zero-order valence-corrected chi connectivity index (χ0v) is 9.89. The van der Waals surface area contributed by atoms with Crippen molar-refractivity contribution >= 4 is 17.4 Å². The Morgan fingerprint density at radius 3 is 3.00 bits per heavy atom. The van der Waals surface area contributed by atoms with Crippen molar-refractivity contribution in [2.24, 2.45) is 5.73 Å². The maximum Gasteiger partial charge on any atom is 0.151 e. The van der Waals surface area contributed by atoms with Gasteiger partial charge in [-0.25, -0.2) is 0 Å². The minimum absolute atomic E-state index is 0.0167. The molecule has 2 unspecified atom stereocenters. The van der Waals surface area contributed by atoms with Gasteiger partial charge >= 0.3 is 0 Å². The summed E-state index contributed by atoms with van der Waals surface area (Å²) in [5.74, 6) is 0.818. The van der Waals surface area contributed by atoms with Crippen molar-refractivity contribution < 1.29 is 4.74 Å². The quantitative estimate of drug-likeness (QED) is 0.827. The van der Waals surface area contributed by atoms with Gasteiger partial charge in [0.05, 0.1) is 12.7 Å². The summed E-state index contributed by atoms with van der Waals surface area (Å²) in [6, 6.07) is 3.61. The molecule has 0 aliphatic carbocycles. The molecule has 6 heteroatoms. The van der Waals surface area contributed by atoms with Crippen molar-refractivity contribution in [3.63, 3.8) is 0 Å². The van der Waals surface area contributed by atoms with E-state index in [2.05, 4.69) is 15.1 Å². The van der Waals surface area contributed by atoms with Crippen LogP contribution in [0.5, 0.6) is 0 Å². The zero-order valence-electron chi connectivity index (χ0n) is 9.14. The van der Waals surface area contributed by atoms with Gasteiger partial charge in [0.1, 0.15) is 0 Å². The van der Waals surface area contributed by atoms with Gasteiger partial charge in [-0.15, -0.1) is 10.2 Å². The molecule has 1 aliphatic heterocycles. The molecule has 0 aromatic carbocycles. The first-order valence-electron chi connectivity index (χ1n) is 5.28. The lowest BCUT2D eigenvalue weighted by Gasteiger charge is -2.35. The molecule has 88 valence electrons. The predicted octanol–water partition coefficient (Wildman–Crippen LogP) is 0.682. The van der Waals surface area contributed by atoms with Gasteiger partial charge in [-0.1, -0.05) is 11.6 Å². The number of anilines is 1. The molecule has 0 saturated carbocycles. The lowest BCUT2D eigenvalue weighted by molar-refractivity contribution is 0.0273. The summed E-state index contributed by atoms with van der Waals surface area (Å²) >= 11 is 5.69. The Balaban J connectivity index is 2.06. The fourth-order valence-electron chi connectivity index (χ4n) is 1.68. The summed E-state index contributed by atoms with van der Waals surface area (Å²) in [6.07, 6.45) is 0.0474. The van der Waals surface area contributed by atoms with Crippen molar-refractivity contribution in [3.8, 4) is 0 Å². The Morgan fingerprint density at radius 1 is 1.56 bits per heavy atom. The van der Waals surface area contributed by atoms with E-state index in [1.165, 1.54) is 0 Å². The minimum Gasteiger partial charge on any atom is -0.373 e. The maximum atomic E-state index is 5.82. The van der Waals surface area contributed by atoms with Crippen molar-refractivity contribution in [2.75, 3.05) is 24.6 Å². The van der Waals surface area contributed by atoms with Gasteiger partial charge in [-0.05, 0) is 19.1 Å². The van der Waals surface area contributed by atoms with E-state index in [1.807, 2.05) is 13.0 Å². The molecule has 2 atom stereocenters. The lowest BCUT2D eigenvalue weighted by Crippen LogP contribution is -2.49. The third kappa shape index (κ3) is 2.61. The molecule has 1 aliphatic rings. The highest BCUT2D eigenvalue weighted by atomic mass is 35.5. The van der Waals surface area contributed by atoms with E-state index in [9.17, 15) is 0 Å². The average Bonchev–Trinajstić information content (AvgIpc) is 2.30. The molecule has 2 heterocycles. The first-order valence-corrected chi connectivity index (χ1v) is 5.66. The SMILES string of the molecule is CC(N)C1CN(c2ccc(Cl)nn2)CCO1. The van der Waals surface area contributed by atoms with Crippen LogP contribution in [0, 0.1) is 0 Å². The Labute approximate surface area is 99.5 Å². The number of nitrogens with two attached hydrogens (primary N) is 1. The van der Waals surface area contributed by atoms with E-state index in [0.29, 0.717) is 11.8 Å². The summed E-state index contributed by atoms with van der Waals surface area (Å²) in [4.78, 5) is 2.11. The Hall–Kier alpha value is -0.910. The van der Waals surface area contributed by atoms with E-state index in [1.54, 1.807) is 6.07 Å². The standard InChI is InChI=1S/C10H15ClN4O/c1-7(12)8-6-15(4-5-16-8)10-3-2-9(11)13-14-10/h2-3,7-8H,4-6,12H2,1H3. The summed E-state index contributed by atoms with van der Waals surface area (Å²) in [7, 11) is 0. The number of rotatable bonds is 2. The van der Waals surface area contributed by atoms with Crippen molar-refractivity contribution in [1.29, 1.82) is 0 Å². The second-order valence-corrected chi connectivity index (χ2v) is 4.32. The number of nitrogens with zero attached hydrogens (tertiary/aromatic N) is 3. The van der Waals surface area contributed by atoms with Gasteiger partial charge in [0, 0.05) is 19.1 Å². The normalized spacial score (nSPS) is 23.2. The Bertz CT molecular complexity index is 343. The highest BCUT2D eigenvalue weighted by molar-refractivity contribution is 6.29. The first kappa shape index (κ1) is 11.6. The molecule has 1 aromatic rings. The molecule has 1 fully saturated rings. The molecule has 16 heavy (non-hydrogen) atoms.